The van der Waals surface area contributed by atoms with Crippen LogP contribution in [0.4, 0.5) is 0 Å². The number of nitrogens with one attached hydrogen (secondary N) is 1. The Morgan fingerprint density at radius 3 is 2.65 bits per heavy atom. The molecule has 1 spiro atoms. The van der Waals surface area contributed by atoms with Crippen LogP contribution in [0.3, 0.4) is 0 Å². The minimum Gasteiger partial charge on any atom is -0.487 e. The fourth-order valence-electron chi connectivity index (χ4n) is 4.98. The zero-order chi connectivity index (χ0) is 23.4. The molecule has 0 atom stereocenters. The third-order valence-corrected chi connectivity index (χ3v) is 7.28. The number of halogens is 1. The second kappa shape index (κ2) is 10.2. The molecule has 0 unspecified atom stereocenters. The van der Waals surface area contributed by atoms with Crippen LogP contribution >= 0.6 is 11.6 Å². The number of nitrogens with zero attached hydrogens (tertiary/aromatic N) is 4. The average molecular weight is 480 g/mol. The summed E-state index contributed by atoms with van der Waals surface area (Å²) >= 11 is 6.03. The van der Waals surface area contributed by atoms with Gasteiger partial charge < -0.3 is 10.1 Å². The topological polar surface area (TPSA) is 72.3 Å². The number of ether oxygens (including phenoxy) is 1. The normalized spacial score (nSPS) is 19.0. The zero-order valence-corrected chi connectivity index (χ0v) is 20.0. The largest absolute Gasteiger partial charge is 0.487 e. The molecule has 34 heavy (non-hydrogen) atoms. The highest BCUT2D eigenvalue weighted by molar-refractivity contribution is 6.30. The number of benzene rings is 2. The Labute approximate surface area is 205 Å². The van der Waals surface area contributed by atoms with Crippen molar-refractivity contribution in [2.45, 2.75) is 51.9 Å². The van der Waals surface area contributed by atoms with Gasteiger partial charge in [0.25, 0.3) is 0 Å². The lowest BCUT2D eigenvalue weighted by Crippen LogP contribution is -2.48. The van der Waals surface area contributed by atoms with Gasteiger partial charge in [-0.1, -0.05) is 47.1 Å². The van der Waals surface area contributed by atoms with Gasteiger partial charge in [0.05, 0.1) is 11.6 Å². The van der Waals surface area contributed by atoms with Crippen molar-refractivity contribution in [3.63, 3.8) is 0 Å². The van der Waals surface area contributed by atoms with E-state index in [1.165, 1.54) is 5.56 Å². The van der Waals surface area contributed by atoms with Gasteiger partial charge in [-0.3, -0.25) is 14.4 Å². The minimum absolute atomic E-state index is 0.143. The molecule has 2 bridgehead atoms. The number of aromatic nitrogens is 3. The Hall–Kier alpha value is -2.90. The molecule has 2 aromatic carbocycles. The summed E-state index contributed by atoms with van der Waals surface area (Å²) in [6.07, 6.45) is 5.34. The molecule has 1 N–H and O–H groups in total. The third kappa shape index (κ3) is 5.26. The molecule has 3 aromatic rings. The van der Waals surface area contributed by atoms with Crippen LogP contribution in [0, 0.1) is 5.41 Å². The molecular weight excluding hydrogens is 450 g/mol. The van der Waals surface area contributed by atoms with Gasteiger partial charge in [0.2, 0.25) is 5.91 Å². The summed E-state index contributed by atoms with van der Waals surface area (Å²) in [5.41, 5.74) is 2.64. The number of rotatable bonds is 2. The molecule has 3 heterocycles. The maximum Gasteiger partial charge on any atom is 0.226 e. The van der Waals surface area contributed by atoms with Gasteiger partial charge in [-0.25, -0.2) is 0 Å². The van der Waals surface area contributed by atoms with Gasteiger partial charge >= 0.3 is 0 Å². The predicted octanol–water partition coefficient (Wildman–Crippen LogP) is 4.20. The first kappa shape index (κ1) is 22.9. The van der Waals surface area contributed by atoms with E-state index in [1.54, 1.807) is 0 Å². The maximum atomic E-state index is 13.6. The van der Waals surface area contributed by atoms with Crippen LogP contribution in [-0.4, -0.2) is 38.9 Å². The first-order chi connectivity index (χ1) is 16.6. The Morgan fingerprint density at radius 2 is 1.82 bits per heavy atom. The van der Waals surface area contributed by atoms with E-state index < -0.39 is 0 Å². The zero-order valence-electron chi connectivity index (χ0n) is 19.3. The van der Waals surface area contributed by atoms with E-state index in [0.29, 0.717) is 13.2 Å². The quantitative estimate of drug-likeness (QED) is 0.596. The molecule has 0 saturated carbocycles. The molecule has 1 aromatic heterocycles. The van der Waals surface area contributed by atoms with Crippen molar-refractivity contribution < 1.29 is 9.53 Å². The summed E-state index contributed by atoms with van der Waals surface area (Å²) < 4.78 is 7.86. The number of amides is 1. The summed E-state index contributed by atoms with van der Waals surface area (Å²) in [6.45, 7) is 4.22. The molecule has 1 fully saturated rings. The van der Waals surface area contributed by atoms with Crippen molar-refractivity contribution >= 4 is 17.5 Å². The highest BCUT2D eigenvalue weighted by atomic mass is 35.5. The molecule has 0 aliphatic carbocycles. The van der Waals surface area contributed by atoms with Crippen molar-refractivity contribution in [1.29, 1.82) is 0 Å². The Kier molecular flexibility index (Phi) is 6.83. The summed E-state index contributed by atoms with van der Waals surface area (Å²) in [5, 5.41) is 12.5. The van der Waals surface area contributed by atoms with Crippen molar-refractivity contribution in [1.82, 2.24) is 25.2 Å². The molecule has 5 rings (SSSR count). The number of likely N-dealkylation sites (tertiary alicyclic amines) is 1. The molecule has 2 aliphatic rings. The summed E-state index contributed by atoms with van der Waals surface area (Å²) in [5.74, 6) is 0.908. The molecule has 8 heteroatoms. The van der Waals surface area contributed by atoms with Gasteiger partial charge in [0.15, 0.2) is 0 Å². The number of carbonyl (C=O) groups excluding carboxylic acids is 1. The summed E-state index contributed by atoms with van der Waals surface area (Å²) in [6, 6.07) is 15.9. The van der Waals surface area contributed by atoms with Crippen molar-refractivity contribution in [2.24, 2.45) is 5.41 Å². The van der Waals surface area contributed by atoms with Gasteiger partial charge in [0.1, 0.15) is 18.1 Å². The smallest absolute Gasteiger partial charge is 0.226 e. The summed E-state index contributed by atoms with van der Waals surface area (Å²) in [7, 11) is 0. The van der Waals surface area contributed by atoms with E-state index in [9.17, 15) is 4.79 Å². The van der Waals surface area contributed by atoms with E-state index in [-0.39, 0.29) is 11.3 Å². The van der Waals surface area contributed by atoms with E-state index in [0.717, 1.165) is 73.9 Å². The molecule has 0 radical (unpaired) electrons. The second-order valence-corrected chi connectivity index (χ2v) is 9.77. The molecular formula is C26H30ClN5O2. The van der Waals surface area contributed by atoms with Crippen molar-refractivity contribution in [2.75, 3.05) is 13.1 Å². The van der Waals surface area contributed by atoms with Crippen LogP contribution in [0.5, 0.6) is 5.75 Å². The van der Waals surface area contributed by atoms with Gasteiger partial charge in [-0.15, -0.1) is 5.10 Å². The fraction of sp³-hybridized carbons (Fsp3) is 0.423. The second-order valence-electron chi connectivity index (χ2n) is 9.34. The highest BCUT2D eigenvalue weighted by Crippen LogP contribution is 2.37. The van der Waals surface area contributed by atoms with E-state index in [1.807, 2.05) is 47.3 Å². The number of piperidine rings is 1. The van der Waals surface area contributed by atoms with E-state index in [4.69, 9.17) is 16.3 Å². The van der Waals surface area contributed by atoms with Gasteiger partial charge in [-0.05, 0) is 62.5 Å². The lowest BCUT2D eigenvalue weighted by molar-refractivity contribution is -0.135. The van der Waals surface area contributed by atoms with E-state index >= 15 is 0 Å². The minimum atomic E-state index is -0.375. The van der Waals surface area contributed by atoms with Crippen LogP contribution in [0.15, 0.2) is 54.7 Å². The van der Waals surface area contributed by atoms with Crippen LogP contribution in [0.1, 0.15) is 42.5 Å². The maximum absolute atomic E-state index is 13.6. The fourth-order valence-corrected chi connectivity index (χ4v) is 5.10. The number of aryl methyl sites for hydroxylation is 1. The van der Waals surface area contributed by atoms with Crippen LogP contribution in [0.2, 0.25) is 5.02 Å². The van der Waals surface area contributed by atoms with Crippen LogP contribution < -0.4 is 10.1 Å². The van der Waals surface area contributed by atoms with Crippen LogP contribution in [-0.2, 0) is 31.0 Å². The first-order valence-corrected chi connectivity index (χ1v) is 12.3. The van der Waals surface area contributed by atoms with Gasteiger partial charge in [0, 0.05) is 30.2 Å². The third-order valence-electron chi connectivity index (χ3n) is 7.03. The van der Waals surface area contributed by atoms with Crippen LogP contribution in [0.25, 0.3) is 0 Å². The number of carbonyl (C=O) groups is 1. The molecule has 1 amide bonds. The number of hydrogen-bond donors (Lipinski definition) is 1. The lowest BCUT2D eigenvalue weighted by atomic mass is 9.73. The molecule has 178 valence electrons. The number of hydrogen-bond acceptors (Lipinski definition) is 5. The van der Waals surface area contributed by atoms with Crippen molar-refractivity contribution in [3.05, 3.63) is 76.6 Å². The van der Waals surface area contributed by atoms with Crippen molar-refractivity contribution in [3.8, 4) is 5.75 Å². The van der Waals surface area contributed by atoms with E-state index in [2.05, 4.69) is 32.7 Å². The Bertz CT molecular complexity index is 1120. The first-order valence-electron chi connectivity index (χ1n) is 11.9. The predicted molar refractivity (Wildman–Crippen MR) is 130 cm³/mol. The molecule has 1 saturated heterocycles. The number of fused-ring (bicyclic) bond motifs is 3. The van der Waals surface area contributed by atoms with Gasteiger partial charge in [-0.2, -0.15) is 0 Å². The SMILES string of the molecule is O=C1NCc2ccccc2OCc2cn(nn2)CCCC12CCN(Cc1ccc(Cl)cc1)CC2. The average Bonchev–Trinajstić information content (AvgIpc) is 3.31. The Morgan fingerprint density at radius 1 is 1.03 bits per heavy atom. The lowest BCUT2D eigenvalue weighted by Gasteiger charge is -2.41. The summed E-state index contributed by atoms with van der Waals surface area (Å²) in [4.78, 5) is 16.0. The molecule has 7 nitrogen and oxygen atoms in total. The highest BCUT2D eigenvalue weighted by Gasteiger charge is 2.40. The standard InChI is InChI=1S/C26H30ClN5O2/c27-22-8-6-20(7-9-22)17-31-14-11-26(12-15-31)10-3-13-32-18-23(29-30-32)19-34-24-5-2-1-4-21(24)16-28-25(26)33/h1-2,4-9,18H,3,10-17,19H2,(H,28,33). The Balaban J connectivity index is 1.31. The molecule has 2 aliphatic heterocycles. The number of para-hydroxylation sites is 1. The monoisotopic (exact) mass is 479 g/mol.